The van der Waals surface area contributed by atoms with E-state index in [1.807, 2.05) is 23.1 Å². The van der Waals surface area contributed by atoms with Gasteiger partial charge < -0.3 is 10.2 Å². The summed E-state index contributed by atoms with van der Waals surface area (Å²) in [6.07, 6.45) is 7.74. The first-order valence-corrected chi connectivity index (χ1v) is 8.62. The fourth-order valence-electron chi connectivity index (χ4n) is 2.78. The predicted octanol–water partition coefficient (Wildman–Crippen LogP) is 1.32. The van der Waals surface area contributed by atoms with Gasteiger partial charge in [-0.1, -0.05) is 47.7 Å². The second-order valence-electron chi connectivity index (χ2n) is 6.00. The third-order valence-corrected chi connectivity index (χ3v) is 4.22. The Balaban J connectivity index is 1.33. The van der Waals surface area contributed by atoms with Crippen LogP contribution in [-0.4, -0.2) is 70.1 Å². The van der Waals surface area contributed by atoms with Gasteiger partial charge in [0.25, 0.3) is 0 Å². The maximum Gasteiger partial charge on any atom is 0.317 e. The van der Waals surface area contributed by atoms with Crippen LogP contribution < -0.4 is 5.32 Å². The average molecular weight is 340 g/mol. The van der Waals surface area contributed by atoms with Crippen molar-refractivity contribution in [1.82, 2.24) is 30.1 Å². The lowest BCUT2D eigenvalue weighted by atomic mass is 10.2. The molecule has 1 fully saturated rings. The first kappa shape index (κ1) is 17.2. The number of carbonyl (C=O) groups is 1. The molecule has 1 N–H and O–H groups in total. The van der Waals surface area contributed by atoms with Crippen LogP contribution in [0.2, 0.25) is 0 Å². The standard InChI is InChI=1S/C18H24N6O/c25-18(19-8-11-24-12-9-20-21-24)23-15-13-22(14-16-23)10-4-7-17-5-2-1-3-6-17/h1-7,9,12H,8,10-11,13-16H2,(H,19,25)/b7-4+. The molecule has 0 spiro atoms. The largest absolute Gasteiger partial charge is 0.336 e. The lowest BCUT2D eigenvalue weighted by Gasteiger charge is -2.34. The summed E-state index contributed by atoms with van der Waals surface area (Å²) in [4.78, 5) is 16.4. The summed E-state index contributed by atoms with van der Waals surface area (Å²) in [6, 6.07) is 10.3. The Kier molecular flexibility index (Phi) is 6.17. The number of nitrogens with zero attached hydrogens (tertiary/aromatic N) is 5. The van der Waals surface area contributed by atoms with E-state index in [0.717, 1.165) is 32.7 Å². The van der Waals surface area contributed by atoms with Crippen molar-refractivity contribution in [2.75, 3.05) is 39.3 Å². The number of piperazine rings is 1. The van der Waals surface area contributed by atoms with Crippen LogP contribution in [-0.2, 0) is 6.54 Å². The monoisotopic (exact) mass is 340 g/mol. The molecule has 0 aliphatic carbocycles. The number of carbonyl (C=O) groups excluding carboxylic acids is 1. The number of rotatable bonds is 6. The molecule has 0 atom stereocenters. The van der Waals surface area contributed by atoms with Crippen LogP contribution in [0, 0.1) is 0 Å². The van der Waals surface area contributed by atoms with Gasteiger partial charge in [-0.2, -0.15) is 0 Å². The van der Waals surface area contributed by atoms with E-state index in [1.54, 1.807) is 17.1 Å². The Bertz CT molecular complexity index is 662. The van der Waals surface area contributed by atoms with Gasteiger partial charge in [-0.15, -0.1) is 5.10 Å². The summed E-state index contributed by atoms with van der Waals surface area (Å²) in [5, 5.41) is 10.6. The SMILES string of the molecule is O=C(NCCn1ccnn1)N1CCN(C/C=C/c2ccccc2)CC1. The van der Waals surface area contributed by atoms with E-state index >= 15 is 0 Å². The molecule has 1 aliphatic rings. The molecule has 2 heterocycles. The van der Waals surface area contributed by atoms with Crippen LogP contribution >= 0.6 is 0 Å². The van der Waals surface area contributed by atoms with Crippen LogP contribution in [0.4, 0.5) is 4.79 Å². The fourth-order valence-corrected chi connectivity index (χ4v) is 2.78. The molecule has 2 aromatic rings. The fraction of sp³-hybridized carbons (Fsp3) is 0.389. The van der Waals surface area contributed by atoms with Crippen molar-refractivity contribution in [3.63, 3.8) is 0 Å². The number of hydrogen-bond donors (Lipinski definition) is 1. The minimum absolute atomic E-state index is 0.000377. The molecule has 1 aromatic carbocycles. The second kappa shape index (κ2) is 8.98. The molecule has 132 valence electrons. The third-order valence-electron chi connectivity index (χ3n) is 4.22. The highest BCUT2D eigenvalue weighted by Crippen LogP contribution is 2.04. The first-order valence-electron chi connectivity index (χ1n) is 8.62. The Morgan fingerprint density at radius 1 is 1.16 bits per heavy atom. The van der Waals surface area contributed by atoms with Crippen molar-refractivity contribution in [3.05, 3.63) is 54.4 Å². The number of urea groups is 1. The smallest absolute Gasteiger partial charge is 0.317 e. The molecule has 0 saturated carbocycles. The van der Waals surface area contributed by atoms with Gasteiger partial charge in [0.05, 0.1) is 12.7 Å². The summed E-state index contributed by atoms with van der Waals surface area (Å²) in [5.74, 6) is 0. The lowest BCUT2D eigenvalue weighted by Crippen LogP contribution is -2.52. The highest BCUT2D eigenvalue weighted by atomic mass is 16.2. The molecule has 1 saturated heterocycles. The van der Waals surface area contributed by atoms with E-state index in [0.29, 0.717) is 13.1 Å². The molecule has 7 nitrogen and oxygen atoms in total. The highest BCUT2D eigenvalue weighted by molar-refractivity contribution is 5.74. The maximum absolute atomic E-state index is 12.2. The zero-order valence-electron chi connectivity index (χ0n) is 14.3. The van der Waals surface area contributed by atoms with Crippen LogP contribution in [0.25, 0.3) is 6.08 Å². The normalized spacial score (nSPS) is 15.6. The van der Waals surface area contributed by atoms with Gasteiger partial charge in [0.15, 0.2) is 0 Å². The first-order chi connectivity index (χ1) is 12.3. The number of benzene rings is 1. The molecule has 7 heteroatoms. The quantitative estimate of drug-likeness (QED) is 0.861. The van der Waals surface area contributed by atoms with Gasteiger partial charge in [-0.05, 0) is 5.56 Å². The zero-order valence-corrected chi connectivity index (χ0v) is 14.3. The van der Waals surface area contributed by atoms with Crippen LogP contribution in [0.15, 0.2) is 48.8 Å². The Morgan fingerprint density at radius 2 is 1.96 bits per heavy atom. The lowest BCUT2D eigenvalue weighted by molar-refractivity contribution is 0.146. The maximum atomic E-state index is 12.2. The predicted molar refractivity (Wildman–Crippen MR) is 96.9 cm³/mol. The van der Waals surface area contributed by atoms with Crippen molar-refractivity contribution in [2.24, 2.45) is 0 Å². The summed E-state index contributed by atoms with van der Waals surface area (Å²) in [7, 11) is 0. The Labute approximate surface area is 147 Å². The van der Waals surface area contributed by atoms with E-state index < -0.39 is 0 Å². The third kappa shape index (κ3) is 5.42. The van der Waals surface area contributed by atoms with Gasteiger partial charge >= 0.3 is 6.03 Å². The Morgan fingerprint density at radius 3 is 2.68 bits per heavy atom. The molecule has 3 rings (SSSR count). The van der Waals surface area contributed by atoms with E-state index in [2.05, 4.69) is 44.8 Å². The molecule has 1 aliphatic heterocycles. The van der Waals surface area contributed by atoms with Crippen molar-refractivity contribution in [1.29, 1.82) is 0 Å². The van der Waals surface area contributed by atoms with Gasteiger partial charge in [-0.25, -0.2) is 4.79 Å². The van der Waals surface area contributed by atoms with Gasteiger partial charge in [0.2, 0.25) is 0 Å². The number of nitrogens with one attached hydrogen (secondary N) is 1. The Hall–Kier alpha value is -2.67. The van der Waals surface area contributed by atoms with Gasteiger partial charge in [0, 0.05) is 45.5 Å². The van der Waals surface area contributed by atoms with Crippen LogP contribution in [0.3, 0.4) is 0 Å². The summed E-state index contributed by atoms with van der Waals surface area (Å²) >= 11 is 0. The molecule has 0 unspecified atom stereocenters. The van der Waals surface area contributed by atoms with E-state index in [-0.39, 0.29) is 6.03 Å². The van der Waals surface area contributed by atoms with Crippen LogP contribution in [0.1, 0.15) is 5.56 Å². The molecule has 0 bridgehead atoms. The van der Waals surface area contributed by atoms with Crippen molar-refractivity contribution >= 4 is 12.1 Å². The minimum Gasteiger partial charge on any atom is -0.336 e. The highest BCUT2D eigenvalue weighted by Gasteiger charge is 2.19. The molecule has 1 aromatic heterocycles. The summed E-state index contributed by atoms with van der Waals surface area (Å²) < 4.78 is 1.71. The topological polar surface area (TPSA) is 66.3 Å². The van der Waals surface area contributed by atoms with Crippen LogP contribution in [0.5, 0.6) is 0 Å². The van der Waals surface area contributed by atoms with E-state index in [1.165, 1.54) is 5.56 Å². The molecule has 0 radical (unpaired) electrons. The van der Waals surface area contributed by atoms with E-state index in [9.17, 15) is 4.79 Å². The number of amides is 2. The van der Waals surface area contributed by atoms with E-state index in [4.69, 9.17) is 0 Å². The molecular weight excluding hydrogens is 316 g/mol. The van der Waals surface area contributed by atoms with Gasteiger partial charge in [0.1, 0.15) is 0 Å². The molecule has 25 heavy (non-hydrogen) atoms. The number of hydrogen-bond acceptors (Lipinski definition) is 4. The second-order valence-corrected chi connectivity index (χ2v) is 6.00. The molecular formula is C18H24N6O. The van der Waals surface area contributed by atoms with Crippen molar-refractivity contribution < 1.29 is 4.79 Å². The summed E-state index contributed by atoms with van der Waals surface area (Å²) in [5.41, 5.74) is 1.22. The van der Waals surface area contributed by atoms with Crippen molar-refractivity contribution in [2.45, 2.75) is 6.54 Å². The van der Waals surface area contributed by atoms with Gasteiger partial charge in [-0.3, -0.25) is 9.58 Å². The summed E-state index contributed by atoms with van der Waals surface area (Å²) in [6.45, 7) is 5.42. The zero-order chi connectivity index (χ0) is 17.3. The average Bonchev–Trinajstić information content (AvgIpc) is 3.16. The number of aromatic nitrogens is 3. The molecule has 2 amide bonds. The van der Waals surface area contributed by atoms with Crippen molar-refractivity contribution in [3.8, 4) is 0 Å². The minimum atomic E-state index is -0.000377.